The van der Waals surface area contributed by atoms with Crippen molar-refractivity contribution in [2.75, 3.05) is 0 Å². The highest BCUT2D eigenvalue weighted by atomic mass is 35.5. The van der Waals surface area contributed by atoms with Gasteiger partial charge in [0.1, 0.15) is 17.2 Å². The van der Waals surface area contributed by atoms with E-state index in [4.69, 9.17) is 27.9 Å². The fraction of sp³-hybridized carbons (Fsp3) is 0.231. The highest BCUT2D eigenvalue weighted by Gasteiger charge is 2.15. The van der Waals surface area contributed by atoms with E-state index in [0.717, 1.165) is 5.56 Å². The molecule has 1 aromatic carbocycles. The van der Waals surface area contributed by atoms with Gasteiger partial charge < -0.3 is 4.74 Å². The molecule has 0 amide bonds. The largest absolute Gasteiger partial charge is 0.439 e. The van der Waals surface area contributed by atoms with E-state index in [9.17, 15) is 0 Å². The highest BCUT2D eigenvalue weighted by molar-refractivity contribution is 6.30. The van der Waals surface area contributed by atoms with Gasteiger partial charge in [0.2, 0.25) is 5.88 Å². The Bertz CT molecular complexity index is 541. The normalized spacial score (nSPS) is 10.7. The number of ether oxygens (including phenoxy) is 1. The second kappa shape index (κ2) is 5.55. The Morgan fingerprint density at radius 2 is 1.72 bits per heavy atom. The number of hydrogen-bond acceptors (Lipinski definition) is 3. The first-order valence-corrected chi connectivity index (χ1v) is 6.27. The first-order valence-electron chi connectivity index (χ1n) is 5.51. The summed E-state index contributed by atoms with van der Waals surface area (Å²) in [6, 6.07) is 7.08. The molecule has 2 aromatic rings. The molecule has 18 heavy (non-hydrogen) atoms. The van der Waals surface area contributed by atoms with Gasteiger partial charge in [-0.1, -0.05) is 37.0 Å². The number of halogens is 2. The number of rotatable bonds is 3. The smallest absolute Gasteiger partial charge is 0.227 e. The van der Waals surface area contributed by atoms with Gasteiger partial charge in [-0.3, -0.25) is 0 Å². The SMILES string of the molecule is CC(C)c1c(Cl)ncnc1Oc1ccc(Cl)cc1. The lowest BCUT2D eigenvalue weighted by molar-refractivity contribution is 0.451. The Kier molecular flexibility index (Phi) is 4.04. The molecule has 0 spiro atoms. The maximum absolute atomic E-state index is 6.06. The zero-order valence-corrected chi connectivity index (χ0v) is 11.5. The van der Waals surface area contributed by atoms with E-state index in [1.54, 1.807) is 24.3 Å². The predicted molar refractivity (Wildman–Crippen MR) is 72.7 cm³/mol. The van der Waals surface area contributed by atoms with E-state index < -0.39 is 0 Å². The summed E-state index contributed by atoms with van der Waals surface area (Å²) in [7, 11) is 0. The lowest BCUT2D eigenvalue weighted by Gasteiger charge is -2.13. The molecular formula is C13H12Cl2N2O. The van der Waals surface area contributed by atoms with Crippen molar-refractivity contribution in [1.82, 2.24) is 9.97 Å². The number of hydrogen-bond donors (Lipinski definition) is 0. The highest BCUT2D eigenvalue weighted by Crippen LogP contribution is 2.32. The van der Waals surface area contributed by atoms with Gasteiger partial charge in [0.15, 0.2) is 0 Å². The molecule has 94 valence electrons. The Morgan fingerprint density at radius 1 is 1.06 bits per heavy atom. The quantitative estimate of drug-likeness (QED) is 0.766. The summed E-state index contributed by atoms with van der Waals surface area (Å²) in [6.07, 6.45) is 1.39. The second-order valence-corrected chi connectivity index (χ2v) is 4.89. The first kappa shape index (κ1) is 13.1. The average molecular weight is 283 g/mol. The monoisotopic (exact) mass is 282 g/mol. The third-order valence-corrected chi connectivity index (χ3v) is 2.96. The summed E-state index contributed by atoms with van der Waals surface area (Å²) in [5, 5.41) is 1.08. The fourth-order valence-corrected chi connectivity index (χ4v) is 2.01. The minimum absolute atomic E-state index is 0.181. The van der Waals surface area contributed by atoms with Gasteiger partial charge in [0, 0.05) is 5.02 Å². The molecule has 1 heterocycles. The molecule has 0 bridgehead atoms. The van der Waals surface area contributed by atoms with Crippen LogP contribution in [0.3, 0.4) is 0 Å². The summed E-state index contributed by atoms with van der Waals surface area (Å²) < 4.78 is 5.71. The van der Waals surface area contributed by atoms with E-state index in [0.29, 0.717) is 21.8 Å². The van der Waals surface area contributed by atoms with Crippen LogP contribution in [0.15, 0.2) is 30.6 Å². The van der Waals surface area contributed by atoms with Crippen LogP contribution in [0.2, 0.25) is 10.2 Å². The maximum atomic E-state index is 6.06. The molecule has 0 saturated heterocycles. The Hall–Kier alpha value is -1.32. The summed E-state index contributed by atoms with van der Waals surface area (Å²) in [4.78, 5) is 8.10. The summed E-state index contributed by atoms with van der Waals surface area (Å²) in [6.45, 7) is 4.03. The van der Waals surface area contributed by atoms with Crippen molar-refractivity contribution in [2.24, 2.45) is 0 Å². The zero-order chi connectivity index (χ0) is 13.1. The van der Waals surface area contributed by atoms with E-state index in [2.05, 4.69) is 9.97 Å². The van der Waals surface area contributed by atoms with Crippen LogP contribution >= 0.6 is 23.2 Å². The molecule has 1 aromatic heterocycles. The molecular weight excluding hydrogens is 271 g/mol. The minimum atomic E-state index is 0.181. The van der Waals surface area contributed by atoms with Crippen LogP contribution in [-0.2, 0) is 0 Å². The minimum Gasteiger partial charge on any atom is -0.439 e. The molecule has 0 unspecified atom stereocenters. The summed E-state index contributed by atoms with van der Waals surface area (Å²) in [5.41, 5.74) is 0.800. The van der Waals surface area contributed by atoms with Crippen LogP contribution in [0, 0.1) is 0 Å². The predicted octanol–water partition coefficient (Wildman–Crippen LogP) is 4.70. The van der Waals surface area contributed by atoms with E-state index in [1.807, 2.05) is 13.8 Å². The third-order valence-electron chi connectivity index (χ3n) is 2.40. The van der Waals surface area contributed by atoms with Crippen LogP contribution in [0.4, 0.5) is 0 Å². The fourth-order valence-electron chi connectivity index (χ4n) is 1.54. The topological polar surface area (TPSA) is 35.0 Å². The summed E-state index contributed by atoms with van der Waals surface area (Å²) >= 11 is 11.9. The van der Waals surface area contributed by atoms with Gasteiger partial charge >= 0.3 is 0 Å². The molecule has 0 N–H and O–H groups in total. The van der Waals surface area contributed by atoms with Crippen molar-refractivity contribution in [3.8, 4) is 11.6 Å². The molecule has 0 aliphatic rings. The zero-order valence-electron chi connectivity index (χ0n) is 10.0. The standard InChI is InChI=1S/C13H12Cl2N2O/c1-8(2)11-12(15)16-7-17-13(11)18-10-5-3-9(14)4-6-10/h3-8H,1-2H3. The van der Waals surface area contributed by atoms with Crippen LogP contribution in [0.1, 0.15) is 25.3 Å². The molecule has 0 radical (unpaired) electrons. The number of aromatic nitrogens is 2. The van der Waals surface area contributed by atoms with Crippen LogP contribution in [0.25, 0.3) is 0 Å². The second-order valence-electron chi connectivity index (χ2n) is 4.09. The van der Waals surface area contributed by atoms with Crippen LogP contribution < -0.4 is 4.74 Å². The third kappa shape index (κ3) is 2.92. The van der Waals surface area contributed by atoms with E-state index in [-0.39, 0.29) is 5.92 Å². The van der Waals surface area contributed by atoms with Gasteiger partial charge in [-0.05, 0) is 30.2 Å². The van der Waals surface area contributed by atoms with E-state index in [1.165, 1.54) is 6.33 Å². The Morgan fingerprint density at radius 3 is 2.33 bits per heavy atom. The maximum Gasteiger partial charge on any atom is 0.227 e. The van der Waals surface area contributed by atoms with Crippen molar-refractivity contribution in [2.45, 2.75) is 19.8 Å². The number of benzene rings is 1. The van der Waals surface area contributed by atoms with Crippen molar-refractivity contribution in [3.63, 3.8) is 0 Å². The molecule has 3 nitrogen and oxygen atoms in total. The van der Waals surface area contributed by atoms with E-state index >= 15 is 0 Å². The van der Waals surface area contributed by atoms with Crippen LogP contribution in [-0.4, -0.2) is 9.97 Å². The molecule has 0 atom stereocenters. The molecule has 2 rings (SSSR count). The Labute approximate surface area is 116 Å². The number of nitrogens with zero attached hydrogens (tertiary/aromatic N) is 2. The van der Waals surface area contributed by atoms with Gasteiger partial charge in [-0.15, -0.1) is 0 Å². The van der Waals surface area contributed by atoms with Gasteiger partial charge in [0.25, 0.3) is 0 Å². The lowest BCUT2D eigenvalue weighted by atomic mass is 10.1. The molecule has 0 aliphatic heterocycles. The Balaban J connectivity index is 2.34. The molecule has 5 heteroatoms. The lowest BCUT2D eigenvalue weighted by Crippen LogP contribution is -1.99. The molecule has 0 aliphatic carbocycles. The van der Waals surface area contributed by atoms with Crippen molar-refractivity contribution in [3.05, 3.63) is 46.3 Å². The van der Waals surface area contributed by atoms with Gasteiger partial charge in [-0.2, -0.15) is 0 Å². The van der Waals surface area contributed by atoms with Crippen molar-refractivity contribution >= 4 is 23.2 Å². The van der Waals surface area contributed by atoms with Crippen molar-refractivity contribution < 1.29 is 4.74 Å². The van der Waals surface area contributed by atoms with Gasteiger partial charge in [0.05, 0.1) is 5.56 Å². The van der Waals surface area contributed by atoms with Crippen LogP contribution in [0.5, 0.6) is 11.6 Å². The summed E-state index contributed by atoms with van der Waals surface area (Å²) in [5.74, 6) is 1.32. The van der Waals surface area contributed by atoms with Gasteiger partial charge in [-0.25, -0.2) is 9.97 Å². The molecule has 0 fully saturated rings. The first-order chi connectivity index (χ1) is 8.58. The molecule has 0 saturated carbocycles. The average Bonchev–Trinajstić information content (AvgIpc) is 2.32. The van der Waals surface area contributed by atoms with Crippen molar-refractivity contribution in [1.29, 1.82) is 0 Å².